The molecule has 0 aliphatic carbocycles. The Morgan fingerprint density at radius 1 is 1.10 bits per heavy atom. The van der Waals surface area contributed by atoms with Crippen LogP contribution in [0.2, 0.25) is 10.0 Å². The average Bonchev–Trinajstić information content (AvgIpc) is 2.92. The van der Waals surface area contributed by atoms with Gasteiger partial charge in [-0.25, -0.2) is 0 Å². The van der Waals surface area contributed by atoms with Crippen molar-refractivity contribution in [3.63, 3.8) is 0 Å². The maximum Gasteiger partial charge on any atom is 0.251 e. The summed E-state index contributed by atoms with van der Waals surface area (Å²) < 4.78 is 0. The molecule has 9 heteroatoms. The second kappa shape index (κ2) is 10.6. The van der Waals surface area contributed by atoms with Crippen LogP contribution in [0, 0.1) is 0 Å². The zero-order valence-corrected chi connectivity index (χ0v) is 18.4. The summed E-state index contributed by atoms with van der Waals surface area (Å²) in [6, 6.07) is 11.1. The number of hydrogen-bond donors (Lipinski definition) is 3. The molecule has 3 amide bonds. The SMILES string of the molecule is NCc1cccc(NC(=O)CN2CCCCC(NC(=O)c3ccc(Cl)c(Cl)c3)C2=O)c1. The van der Waals surface area contributed by atoms with E-state index < -0.39 is 11.9 Å². The van der Waals surface area contributed by atoms with Crippen LogP contribution in [0.3, 0.4) is 0 Å². The molecule has 4 N–H and O–H groups in total. The van der Waals surface area contributed by atoms with Crippen LogP contribution < -0.4 is 16.4 Å². The highest BCUT2D eigenvalue weighted by Gasteiger charge is 2.29. The van der Waals surface area contributed by atoms with E-state index in [0.717, 1.165) is 18.4 Å². The van der Waals surface area contributed by atoms with Crippen molar-refractivity contribution in [1.82, 2.24) is 10.2 Å². The zero-order valence-electron chi connectivity index (χ0n) is 16.9. The van der Waals surface area contributed by atoms with E-state index in [1.54, 1.807) is 18.2 Å². The van der Waals surface area contributed by atoms with Gasteiger partial charge in [-0.2, -0.15) is 0 Å². The molecule has 3 rings (SSSR count). The summed E-state index contributed by atoms with van der Waals surface area (Å²) in [5.41, 5.74) is 7.47. The Morgan fingerprint density at radius 2 is 1.90 bits per heavy atom. The minimum Gasteiger partial charge on any atom is -0.340 e. The molecule has 1 heterocycles. The normalized spacial score (nSPS) is 16.5. The Bertz CT molecular complexity index is 983. The molecule has 0 spiro atoms. The van der Waals surface area contributed by atoms with E-state index in [4.69, 9.17) is 28.9 Å². The van der Waals surface area contributed by atoms with Crippen LogP contribution in [0.1, 0.15) is 35.2 Å². The standard InChI is InChI=1S/C22H24Cl2N4O3/c23-17-8-7-15(11-18(17)24)21(30)27-19-6-1-2-9-28(22(19)31)13-20(29)26-16-5-3-4-14(10-16)12-25/h3-5,7-8,10-11,19H,1-2,6,9,12-13,25H2,(H,26,29)(H,27,30). The average molecular weight is 463 g/mol. The predicted molar refractivity (Wildman–Crippen MR) is 121 cm³/mol. The Kier molecular flexibility index (Phi) is 7.90. The van der Waals surface area contributed by atoms with Gasteiger partial charge in [0.25, 0.3) is 5.91 Å². The van der Waals surface area contributed by atoms with Crippen LogP contribution in [0.5, 0.6) is 0 Å². The van der Waals surface area contributed by atoms with E-state index in [0.29, 0.717) is 35.8 Å². The van der Waals surface area contributed by atoms with Crippen LogP contribution in [0.4, 0.5) is 5.69 Å². The number of nitrogens with two attached hydrogens (primary N) is 1. The molecule has 1 unspecified atom stereocenters. The Balaban J connectivity index is 1.63. The van der Waals surface area contributed by atoms with Gasteiger partial charge >= 0.3 is 0 Å². The van der Waals surface area contributed by atoms with Gasteiger partial charge in [-0.3, -0.25) is 14.4 Å². The molecule has 0 radical (unpaired) electrons. The highest BCUT2D eigenvalue weighted by Crippen LogP contribution is 2.23. The summed E-state index contributed by atoms with van der Waals surface area (Å²) in [6.45, 7) is 0.730. The topological polar surface area (TPSA) is 105 Å². The summed E-state index contributed by atoms with van der Waals surface area (Å²) in [5.74, 6) is -1.00. The first-order valence-electron chi connectivity index (χ1n) is 10.0. The monoisotopic (exact) mass is 462 g/mol. The number of hydrogen-bond acceptors (Lipinski definition) is 4. The molecular weight excluding hydrogens is 439 g/mol. The van der Waals surface area contributed by atoms with E-state index in [2.05, 4.69) is 10.6 Å². The molecule has 1 atom stereocenters. The van der Waals surface area contributed by atoms with Gasteiger partial charge in [0.05, 0.1) is 16.6 Å². The number of carbonyl (C=O) groups is 3. The smallest absolute Gasteiger partial charge is 0.251 e. The summed E-state index contributed by atoms with van der Waals surface area (Å²) in [5, 5.41) is 6.16. The minimum atomic E-state index is -0.710. The number of likely N-dealkylation sites (tertiary alicyclic amines) is 1. The van der Waals surface area contributed by atoms with E-state index >= 15 is 0 Å². The molecule has 2 aromatic carbocycles. The maximum atomic E-state index is 13.0. The van der Waals surface area contributed by atoms with Gasteiger partial charge in [-0.05, 0) is 55.2 Å². The molecule has 31 heavy (non-hydrogen) atoms. The quantitative estimate of drug-likeness (QED) is 0.612. The van der Waals surface area contributed by atoms with Gasteiger partial charge in [0.1, 0.15) is 6.04 Å². The minimum absolute atomic E-state index is 0.0924. The fourth-order valence-corrected chi connectivity index (χ4v) is 3.72. The lowest BCUT2D eigenvalue weighted by molar-refractivity contribution is -0.135. The molecule has 1 fully saturated rings. The highest BCUT2D eigenvalue weighted by atomic mass is 35.5. The molecule has 164 valence electrons. The first-order chi connectivity index (χ1) is 14.9. The van der Waals surface area contributed by atoms with E-state index in [1.807, 2.05) is 12.1 Å². The molecule has 0 bridgehead atoms. The van der Waals surface area contributed by atoms with Crippen molar-refractivity contribution >= 4 is 46.6 Å². The largest absolute Gasteiger partial charge is 0.340 e. The van der Waals surface area contributed by atoms with Gasteiger partial charge in [0, 0.05) is 24.3 Å². The van der Waals surface area contributed by atoms with E-state index in [-0.39, 0.29) is 23.4 Å². The number of anilines is 1. The Hall–Kier alpha value is -2.61. The van der Waals surface area contributed by atoms with Crippen LogP contribution in [0.15, 0.2) is 42.5 Å². The first kappa shape index (κ1) is 23.1. The van der Waals surface area contributed by atoms with Crippen LogP contribution in [-0.2, 0) is 16.1 Å². The molecule has 0 aromatic heterocycles. The molecule has 1 aliphatic rings. The molecule has 0 saturated carbocycles. The van der Waals surface area contributed by atoms with Crippen molar-refractivity contribution in [3.8, 4) is 0 Å². The molecule has 7 nitrogen and oxygen atoms in total. The fraction of sp³-hybridized carbons (Fsp3) is 0.318. The van der Waals surface area contributed by atoms with Gasteiger partial charge in [-0.15, -0.1) is 0 Å². The summed E-state index contributed by atoms with van der Waals surface area (Å²) in [4.78, 5) is 39.6. The second-order valence-electron chi connectivity index (χ2n) is 7.36. The fourth-order valence-electron chi connectivity index (χ4n) is 3.42. The van der Waals surface area contributed by atoms with Crippen LogP contribution >= 0.6 is 23.2 Å². The van der Waals surface area contributed by atoms with Crippen molar-refractivity contribution in [2.24, 2.45) is 5.73 Å². The number of rotatable bonds is 6. The summed E-state index contributed by atoms with van der Waals surface area (Å²) in [6.07, 6.45) is 2.01. The lowest BCUT2D eigenvalue weighted by Crippen LogP contribution is -2.49. The number of nitrogens with zero attached hydrogens (tertiary/aromatic N) is 1. The summed E-state index contributed by atoms with van der Waals surface area (Å²) >= 11 is 11.9. The molecular formula is C22H24Cl2N4O3. The Morgan fingerprint density at radius 3 is 2.65 bits per heavy atom. The lowest BCUT2D eigenvalue weighted by atomic mass is 10.1. The van der Waals surface area contributed by atoms with Crippen molar-refractivity contribution in [2.75, 3.05) is 18.4 Å². The maximum absolute atomic E-state index is 13.0. The number of amides is 3. The van der Waals surface area contributed by atoms with Gasteiger partial charge in [-0.1, -0.05) is 35.3 Å². The van der Waals surface area contributed by atoms with Crippen molar-refractivity contribution in [1.29, 1.82) is 0 Å². The Labute approximate surface area is 190 Å². The molecule has 1 aliphatic heterocycles. The van der Waals surface area contributed by atoms with Gasteiger partial charge in [0.15, 0.2) is 0 Å². The third kappa shape index (κ3) is 6.19. The van der Waals surface area contributed by atoms with Gasteiger partial charge < -0.3 is 21.3 Å². The lowest BCUT2D eigenvalue weighted by Gasteiger charge is -2.24. The summed E-state index contributed by atoms with van der Waals surface area (Å²) in [7, 11) is 0. The zero-order chi connectivity index (χ0) is 22.4. The number of carbonyl (C=O) groups excluding carboxylic acids is 3. The molecule has 1 saturated heterocycles. The van der Waals surface area contributed by atoms with Crippen molar-refractivity contribution < 1.29 is 14.4 Å². The predicted octanol–water partition coefficient (Wildman–Crippen LogP) is 3.20. The second-order valence-corrected chi connectivity index (χ2v) is 8.18. The third-order valence-corrected chi connectivity index (χ3v) is 5.79. The first-order valence-corrected chi connectivity index (χ1v) is 10.8. The van der Waals surface area contributed by atoms with Crippen LogP contribution in [-0.4, -0.2) is 41.8 Å². The number of nitrogens with one attached hydrogen (secondary N) is 2. The van der Waals surface area contributed by atoms with Crippen molar-refractivity contribution in [2.45, 2.75) is 31.8 Å². The highest BCUT2D eigenvalue weighted by molar-refractivity contribution is 6.42. The van der Waals surface area contributed by atoms with E-state index in [9.17, 15) is 14.4 Å². The molecule has 2 aromatic rings. The number of benzene rings is 2. The third-order valence-electron chi connectivity index (χ3n) is 5.05. The van der Waals surface area contributed by atoms with Gasteiger partial charge in [0.2, 0.25) is 11.8 Å². The van der Waals surface area contributed by atoms with E-state index in [1.165, 1.54) is 17.0 Å². The number of halogens is 2. The van der Waals surface area contributed by atoms with Crippen LogP contribution in [0.25, 0.3) is 0 Å². The van der Waals surface area contributed by atoms with Crippen molar-refractivity contribution in [3.05, 3.63) is 63.6 Å².